The topological polar surface area (TPSA) is 34.2 Å². The lowest BCUT2D eigenvalue weighted by molar-refractivity contribution is 0.620. The van der Waals surface area contributed by atoms with E-state index >= 15 is 0 Å². The molecule has 0 atom stereocenters. The second-order valence-corrected chi connectivity index (χ2v) is 11.2. The van der Waals surface area contributed by atoms with E-state index in [1.54, 1.807) is 0 Å². The Labute approximate surface area is 260 Å². The van der Waals surface area contributed by atoms with E-state index in [1.165, 1.54) is 16.3 Å². The van der Waals surface area contributed by atoms with E-state index in [0.717, 1.165) is 55.7 Å². The third-order valence-corrected chi connectivity index (χ3v) is 8.57. The number of benzene rings is 7. The molecule has 0 unspecified atom stereocenters. The average Bonchev–Trinajstić information content (AvgIpc) is 3.70. The molecule has 0 aliphatic rings. The Kier molecular flexibility index (Phi) is 5.78. The number of nitrogens with zero attached hydrogens (tertiary/aromatic N) is 3. The van der Waals surface area contributed by atoms with Crippen molar-refractivity contribution in [1.29, 1.82) is 0 Å². The van der Waals surface area contributed by atoms with Gasteiger partial charge in [-0.05, 0) is 72.1 Å². The molecule has 2 aromatic heterocycles. The largest absolute Gasteiger partial charge is 0.434 e. The van der Waals surface area contributed by atoms with Crippen LogP contribution in [-0.4, -0.2) is 9.55 Å². The monoisotopic (exact) mass is 577 g/mol. The molecule has 0 N–H and O–H groups in total. The summed E-state index contributed by atoms with van der Waals surface area (Å²) in [7, 11) is 0. The van der Waals surface area contributed by atoms with Crippen LogP contribution in [0.15, 0.2) is 168 Å². The molecule has 4 heteroatoms. The maximum absolute atomic E-state index is 6.68. The molecule has 4 nitrogen and oxygen atoms in total. The highest BCUT2D eigenvalue weighted by atomic mass is 16.3. The van der Waals surface area contributed by atoms with Crippen LogP contribution in [0, 0.1) is 0 Å². The smallest absolute Gasteiger partial charge is 0.227 e. The Balaban J connectivity index is 1.34. The van der Waals surface area contributed by atoms with Crippen LogP contribution in [0.1, 0.15) is 0 Å². The third kappa shape index (κ3) is 4.11. The highest BCUT2D eigenvalue weighted by Gasteiger charge is 2.23. The minimum Gasteiger partial charge on any atom is -0.434 e. The second kappa shape index (κ2) is 10.2. The van der Waals surface area contributed by atoms with Crippen molar-refractivity contribution in [3.05, 3.63) is 164 Å². The molecule has 212 valence electrons. The van der Waals surface area contributed by atoms with E-state index in [2.05, 4.69) is 143 Å². The van der Waals surface area contributed by atoms with Crippen molar-refractivity contribution in [1.82, 2.24) is 9.55 Å². The van der Waals surface area contributed by atoms with Crippen LogP contribution in [0.25, 0.3) is 60.8 Å². The fourth-order valence-electron chi connectivity index (χ4n) is 6.56. The molecule has 0 spiro atoms. The zero-order valence-corrected chi connectivity index (χ0v) is 24.3. The van der Waals surface area contributed by atoms with Crippen LogP contribution in [0.2, 0.25) is 0 Å². The van der Waals surface area contributed by atoms with Crippen molar-refractivity contribution in [2.75, 3.05) is 4.90 Å². The molecule has 0 radical (unpaired) electrons. The standard InChI is InChI=1S/C41H27N3O/c1-4-14-28(15-5-1)41-42-39-33-21-11-10-16-29(33)26-38(40(39)45-41)43(30-17-6-2-7-18-30)32-24-25-37-35(27-32)34-22-12-13-23-36(34)44(37)31-19-8-3-9-20-31/h1-27H. The molecule has 7 aromatic carbocycles. The summed E-state index contributed by atoms with van der Waals surface area (Å²) < 4.78 is 9.03. The quantitative estimate of drug-likeness (QED) is 0.204. The second-order valence-electron chi connectivity index (χ2n) is 11.2. The molecule has 0 aliphatic heterocycles. The van der Waals surface area contributed by atoms with Crippen molar-refractivity contribution < 1.29 is 4.42 Å². The van der Waals surface area contributed by atoms with Gasteiger partial charge in [0.2, 0.25) is 5.89 Å². The molecule has 9 rings (SSSR count). The van der Waals surface area contributed by atoms with Crippen LogP contribution in [0.3, 0.4) is 0 Å². The predicted molar refractivity (Wildman–Crippen MR) is 186 cm³/mol. The molecular formula is C41H27N3O. The fraction of sp³-hybridized carbons (Fsp3) is 0. The maximum Gasteiger partial charge on any atom is 0.227 e. The van der Waals surface area contributed by atoms with Gasteiger partial charge in [-0.3, -0.25) is 0 Å². The predicted octanol–water partition coefficient (Wildman–Crippen LogP) is 11.2. The van der Waals surface area contributed by atoms with E-state index in [9.17, 15) is 0 Å². The Bertz CT molecular complexity index is 2480. The van der Waals surface area contributed by atoms with E-state index < -0.39 is 0 Å². The van der Waals surface area contributed by atoms with Crippen LogP contribution < -0.4 is 4.90 Å². The first-order chi connectivity index (χ1) is 22.3. The lowest BCUT2D eigenvalue weighted by Gasteiger charge is -2.26. The van der Waals surface area contributed by atoms with Gasteiger partial charge in [0.25, 0.3) is 0 Å². The number of anilines is 3. The summed E-state index contributed by atoms with van der Waals surface area (Å²) in [5, 5.41) is 4.57. The summed E-state index contributed by atoms with van der Waals surface area (Å²) in [6.45, 7) is 0. The number of hydrogen-bond donors (Lipinski definition) is 0. The van der Waals surface area contributed by atoms with Crippen molar-refractivity contribution >= 4 is 60.7 Å². The first-order valence-electron chi connectivity index (χ1n) is 15.1. The number of oxazole rings is 1. The van der Waals surface area contributed by atoms with Crippen LogP contribution in [-0.2, 0) is 0 Å². The molecule has 0 amide bonds. The lowest BCUT2D eigenvalue weighted by Crippen LogP contribution is -2.10. The number of rotatable bonds is 5. The van der Waals surface area contributed by atoms with Gasteiger partial charge in [0.05, 0.1) is 16.7 Å². The molecule has 0 aliphatic carbocycles. The summed E-state index contributed by atoms with van der Waals surface area (Å²) >= 11 is 0. The third-order valence-electron chi connectivity index (χ3n) is 8.57. The summed E-state index contributed by atoms with van der Waals surface area (Å²) in [5.74, 6) is 0.609. The van der Waals surface area contributed by atoms with Gasteiger partial charge in [-0.25, -0.2) is 4.98 Å². The first kappa shape index (κ1) is 25.4. The van der Waals surface area contributed by atoms with Gasteiger partial charge >= 0.3 is 0 Å². The van der Waals surface area contributed by atoms with E-state index in [4.69, 9.17) is 9.40 Å². The highest BCUT2D eigenvalue weighted by molar-refractivity contribution is 6.13. The Hall–Kier alpha value is -6.13. The molecule has 9 aromatic rings. The average molecular weight is 578 g/mol. The van der Waals surface area contributed by atoms with Crippen molar-refractivity contribution in [3.63, 3.8) is 0 Å². The van der Waals surface area contributed by atoms with E-state index in [1.807, 2.05) is 30.3 Å². The molecule has 0 saturated carbocycles. The van der Waals surface area contributed by atoms with Crippen LogP contribution >= 0.6 is 0 Å². The Morgan fingerprint density at radius 3 is 1.96 bits per heavy atom. The lowest BCUT2D eigenvalue weighted by atomic mass is 10.1. The summed E-state index contributed by atoms with van der Waals surface area (Å²) in [6.07, 6.45) is 0. The summed E-state index contributed by atoms with van der Waals surface area (Å²) in [5.41, 5.74) is 9.06. The molecule has 0 fully saturated rings. The summed E-state index contributed by atoms with van der Waals surface area (Å²) in [4.78, 5) is 7.37. The molecule has 0 bridgehead atoms. The summed E-state index contributed by atoms with van der Waals surface area (Å²) in [6, 6.07) is 57.2. The van der Waals surface area contributed by atoms with Gasteiger partial charge in [0.15, 0.2) is 5.58 Å². The van der Waals surface area contributed by atoms with Crippen molar-refractivity contribution in [3.8, 4) is 17.1 Å². The number of fused-ring (bicyclic) bond motifs is 6. The highest BCUT2D eigenvalue weighted by Crippen LogP contribution is 2.44. The molecule has 0 saturated heterocycles. The van der Waals surface area contributed by atoms with Gasteiger partial charge in [0.1, 0.15) is 5.52 Å². The zero-order chi connectivity index (χ0) is 29.7. The van der Waals surface area contributed by atoms with Gasteiger partial charge in [0, 0.05) is 38.8 Å². The minimum absolute atomic E-state index is 0.609. The Morgan fingerprint density at radius 2 is 1.16 bits per heavy atom. The van der Waals surface area contributed by atoms with Crippen molar-refractivity contribution in [2.24, 2.45) is 0 Å². The fourth-order valence-corrected chi connectivity index (χ4v) is 6.56. The maximum atomic E-state index is 6.68. The van der Waals surface area contributed by atoms with Gasteiger partial charge in [-0.2, -0.15) is 0 Å². The number of aromatic nitrogens is 2. The van der Waals surface area contributed by atoms with E-state index in [0.29, 0.717) is 5.89 Å². The van der Waals surface area contributed by atoms with Crippen LogP contribution in [0.5, 0.6) is 0 Å². The van der Waals surface area contributed by atoms with Crippen LogP contribution in [0.4, 0.5) is 17.1 Å². The normalized spacial score (nSPS) is 11.6. The van der Waals surface area contributed by atoms with Gasteiger partial charge in [-0.15, -0.1) is 0 Å². The number of hydrogen-bond acceptors (Lipinski definition) is 3. The van der Waals surface area contributed by atoms with Gasteiger partial charge in [-0.1, -0.05) is 97.1 Å². The Morgan fingerprint density at radius 1 is 0.511 bits per heavy atom. The SMILES string of the molecule is c1ccc(-c2nc3c(o2)c(N(c2ccccc2)c2ccc4c(c2)c2ccccc2n4-c2ccccc2)cc2ccccc23)cc1. The first-order valence-corrected chi connectivity index (χ1v) is 15.1. The molecule has 2 heterocycles. The number of para-hydroxylation sites is 3. The van der Waals surface area contributed by atoms with Gasteiger partial charge < -0.3 is 13.9 Å². The molecule has 45 heavy (non-hydrogen) atoms. The van der Waals surface area contributed by atoms with Crippen molar-refractivity contribution in [2.45, 2.75) is 0 Å². The minimum atomic E-state index is 0.609. The zero-order valence-electron chi connectivity index (χ0n) is 24.3. The molecular weight excluding hydrogens is 550 g/mol. The van der Waals surface area contributed by atoms with E-state index in [-0.39, 0.29) is 0 Å².